The predicted molar refractivity (Wildman–Crippen MR) is 62.1 cm³/mol. The first-order chi connectivity index (χ1) is 7.03. The van der Waals surface area contributed by atoms with Gasteiger partial charge in [-0.05, 0) is 19.4 Å². The van der Waals surface area contributed by atoms with Gasteiger partial charge in [-0.1, -0.05) is 34.1 Å². The van der Waals surface area contributed by atoms with Crippen LogP contribution in [0.4, 0.5) is 0 Å². The van der Waals surface area contributed by atoms with Crippen LogP contribution < -0.4 is 4.74 Å². The Hall–Kier alpha value is -1.01. The maximum atomic E-state index is 8.90. The molecule has 1 aliphatic rings. The summed E-state index contributed by atoms with van der Waals surface area (Å²) >= 11 is 3.33. The first kappa shape index (κ1) is 10.5. The number of rotatable bonds is 1. The van der Waals surface area contributed by atoms with Crippen molar-refractivity contribution in [2.45, 2.75) is 30.7 Å². The van der Waals surface area contributed by atoms with Gasteiger partial charge in [-0.25, -0.2) is 0 Å². The molecule has 1 atom stereocenters. The number of para-hydroxylation sites is 1. The highest BCUT2D eigenvalue weighted by molar-refractivity contribution is 9.09. The number of nitrogens with zero attached hydrogens (tertiary/aromatic N) is 1. The van der Waals surface area contributed by atoms with E-state index in [4.69, 9.17) is 10.00 Å². The Morgan fingerprint density at radius 3 is 2.93 bits per heavy atom. The Kier molecular flexibility index (Phi) is 2.47. The van der Waals surface area contributed by atoms with Crippen LogP contribution in [0.5, 0.6) is 5.75 Å². The van der Waals surface area contributed by atoms with E-state index < -0.39 is 0 Å². The van der Waals surface area contributed by atoms with Crippen molar-refractivity contribution >= 4 is 15.9 Å². The molecule has 0 fully saturated rings. The molecule has 3 heteroatoms. The van der Waals surface area contributed by atoms with Crippen LogP contribution >= 0.6 is 15.9 Å². The molecule has 0 bridgehead atoms. The summed E-state index contributed by atoms with van der Waals surface area (Å²) in [5, 5.41) is 8.90. The van der Waals surface area contributed by atoms with Gasteiger partial charge in [-0.2, -0.15) is 5.26 Å². The summed E-state index contributed by atoms with van der Waals surface area (Å²) in [6, 6.07) is 8.15. The molecule has 0 amide bonds. The van der Waals surface area contributed by atoms with E-state index in [1.807, 2.05) is 12.1 Å². The van der Waals surface area contributed by atoms with Gasteiger partial charge >= 0.3 is 0 Å². The highest BCUT2D eigenvalue weighted by atomic mass is 79.9. The third-order valence-electron chi connectivity index (χ3n) is 2.51. The van der Waals surface area contributed by atoms with Crippen LogP contribution in [0.15, 0.2) is 18.2 Å². The number of alkyl halides is 1. The van der Waals surface area contributed by atoms with E-state index in [0.717, 1.165) is 17.7 Å². The normalized spacial score (nSPS) is 18.8. The van der Waals surface area contributed by atoms with Crippen LogP contribution in [-0.4, -0.2) is 5.60 Å². The number of ether oxygens (including phenoxy) is 1. The topological polar surface area (TPSA) is 33.0 Å². The van der Waals surface area contributed by atoms with Crippen molar-refractivity contribution in [1.82, 2.24) is 0 Å². The Balaban J connectivity index is 2.47. The minimum atomic E-state index is -0.290. The van der Waals surface area contributed by atoms with E-state index in [1.165, 1.54) is 5.56 Å². The molecule has 1 aliphatic heterocycles. The quantitative estimate of drug-likeness (QED) is 0.730. The number of hydrogen-bond donors (Lipinski definition) is 0. The second kappa shape index (κ2) is 3.53. The zero-order valence-corrected chi connectivity index (χ0v) is 10.3. The van der Waals surface area contributed by atoms with Crippen molar-refractivity contribution in [2.75, 3.05) is 0 Å². The van der Waals surface area contributed by atoms with Crippen molar-refractivity contribution in [3.05, 3.63) is 29.3 Å². The minimum Gasteiger partial charge on any atom is -0.487 e. The first-order valence-corrected chi connectivity index (χ1v) is 5.79. The molecule has 0 aliphatic carbocycles. The monoisotopic (exact) mass is 265 g/mol. The average molecular weight is 266 g/mol. The lowest BCUT2D eigenvalue weighted by Crippen LogP contribution is -2.24. The van der Waals surface area contributed by atoms with Gasteiger partial charge in [0.05, 0.1) is 6.07 Å². The molecular weight excluding hydrogens is 254 g/mol. The van der Waals surface area contributed by atoms with Crippen molar-refractivity contribution in [2.24, 2.45) is 0 Å². The number of nitriles is 1. The molecule has 78 valence electrons. The van der Waals surface area contributed by atoms with Crippen molar-refractivity contribution in [3.63, 3.8) is 0 Å². The average Bonchev–Trinajstić information content (AvgIpc) is 2.49. The minimum absolute atomic E-state index is 0.152. The first-order valence-electron chi connectivity index (χ1n) is 4.88. The summed E-state index contributed by atoms with van der Waals surface area (Å²) in [6.45, 7) is 4.12. The van der Waals surface area contributed by atoms with Gasteiger partial charge < -0.3 is 4.74 Å². The van der Waals surface area contributed by atoms with Gasteiger partial charge in [-0.15, -0.1) is 0 Å². The molecule has 0 N–H and O–H groups in total. The lowest BCUT2D eigenvalue weighted by molar-refractivity contribution is 0.137. The summed E-state index contributed by atoms with van der Waals surface area (Å²) < 4.78 is 5.87. The maximum absolute atomic E-state index is 8.90. The molecule has 1 heterocycles. The predicted octanol–water partition coefficient (Wildman–Crippen LogP) is 3.36. The summed E-state index contributed by atoms with van der Waals surface area (Å²) in [5.41, 5.74) is 1.97. The van der Waals surface area contributed by atoms with E-state index in [-0.39, 0.29) is 10.4 Å². The fourth-order valence-electron chi connectivity index (χ4n) is 1.91. The summed E-state index contributed by atoms with van der Waals surface area (Å²) in [6.07, 6.45) is 0.904. The SMILES string of the molecule is CC1(C)Cc2cccc(C(Br)C#N)c2O1. The number of fused-ring (bicyclic) bond motifs is 1. The Morgan fingerprint density at radius 1 is 1.53 bits per heavy atom. The lowest BCUT2D eigenvalue weighted by Gasteiger charge is -2.18. The summed E-state index contributed by atoms with van der Waals surface area (Å²) in [4.78, 5) is -0.290. The molecule has 15 heavy (non-hydrogen) atoms. The number of hydrogen-bond acceptors (Lipinski definition) is 2. The molecule has 1 aromatic rings. The third kappa shape index (κ3) is 1.87. The van der Waals surface area contributed by atoms with E-state index in [2.05, 4.69) is 41.9 Å². The summed E-state index contributed by atoms with van der Waals surface area (Å²) in [5.74, 6) is 0.880. The molecule has 0 aromatic heterocycles. The lowest BCUT2D eigenvalue weighted by atomic mass is 10.00. The molecule has 0 spiro atoms. The molecular formula is C12H12BrNO. The van der Waals surface area contributed by atoms with E-state index in [9.17, 15) is 0 Å². The highest BCUT2D eigenvalue weighted by Gasteiger charge is 2.32. The standard InChI is InChI=1S/C12H12BrNO/c1-12(2)6-8-4-3-5-9(10(13)7-14)11(8)15-12/h3-5,10H,6H2,1-2H3. The molecule has 0 radical (unpaired) electrons. The van der Waals surface area contributed by atoms with Crippen LogP contribution in [0.2, 0.25) is 0 Å². The van der Waals surface area contributed by atoms with Gasteiger partial charge in [0.15, 0.2) is 0 Å². The Morgan fingerprint density at radius 2 is 2.27 bits per heavy atom. The van der Waals surface area contributed by atoms with Crippen molar-refractivity contribution < 1.29 is 4.74 Å². The highest BCUT2D eigenvalue weighted by Crippen LogP contribution is 2.41. The fourth-order valence-corrected chi connectivity index (χ4v) is 2.27. The molecule has 2 rings (SSSR count). The molecule has 2 nitrogen and oxygen atoms in total. The number of benzene rings is 1. The fraction of sp³-hybridized carbons (Fsp3) is 0.417. The van der Waals surface area contributed by atoms with E-state index in [1.54, 1.807) is 0 Å². The zero-order valence-electron chi connectivity index (χ0n) is 8.75. The molecule has 0 saturated carbocycles. The van der Waals surface area contributed by atoms with Gasteiger partial charge in [0.2, 0.25) is 0 Å². The molecule has 1 aromatic carbocycles. The maximum Gasteiger partial charge on any atom is 0.130 e. The van der Waals surface area contributed by atoms with Crippen molar-refractivity contribution in [3.8, 4) is 11.8 Å². The molecule has 1 unspecified atom stereocenters. The van der Waals surface area contributed by atoms with Gasteiger partial charge in [0.1, 0.15) is 16.2 Å². The van der Waals surface area contributed by atoms with Gasteiger partial charge in [0, 0.05) is 12.0 Å². The van der Waals surface area contributed by atoms with Crippen LogP contribution in [-0.2, 0) is 6.42 Å². The third-order valence-corrected chi connectivity index (χ3v) is 3.21. The van der Waals surface area contributed by atoms with Crippen LogP contribution in [0.25, 0.3) is 0 Å². The van der Waals surface area contributed by atoms with Crippen molar-refractivity contribution in [1.29, 1.82) is 5.26 Å². The van der Waals surface area contributed by atoms with E-state index >= 15 is 0 Å². The summed E-state index contributed by atoms with van der Waals surface area (Å²) in [7, 11) is 0. The Bertz CT molecular complexity index is 434. The Labute approximate surface area is 98.0 Å². The van der Waals surface area contributed by atoms with Crippen LogP contribution in [0.1, 0.15) is 29.8 Å². The van der Waals surface area contributed by atoms with Gasteiger partial charge in [0.25, 0.3) is 0 Å². The van der Waals surface area contributed by atoms with Crippen LogP contribution in [0.3, 0.4) is 0 Å². The zero-order chi connectivity index (χ0) is 11.1. The van der Waals surface area contributed by atoms with Gasteiger partial charge in [-0.3, -0.25) is 0 Å². The second-order valence-corrected chi connectivity index (χ2v) is 5.28. The number of halogens is 1. The smallest absolute Gasteiger partial charge is 0.130 e. The molecule has 0 saturated heterocycles. The van der Waals surface area contributed by atoms with Crippen LogP contribution in [0, 0.1) is 11.3 Å². The largest absolute Gasteiger partial charge is 0.487 e. The second-order valence-electron chi connectivity index (χ2n) is 4.37. The van der Waals surface area contributed by atoms with E-state index in [0.29, 0.717) is 0 Å².